The number of hydrogen-bond acceptors (Lipinski definition) is 3. The number of carbonyl (C=O) groups excluding carboxylic acids is 2. The maximum atomic E-state index is 12.6. The lowest BCUT2D eigenvalue weighted by molar-refractivity contribution is -0.120. The van der Waals surface area contributed by atoms with Gasteiger partial charge in [0.25, 0.3) is 5.91 Å². The molecule has 120 valence electrons. The molecule has 1 unspecified atom stereocenters. The van der Waals surface area contributed by atoms with E-state index in [1.54, 1.807) is 24.3 Å². The zero-order valence-electron chi connectivity index (χ0n) is 11.9. The number of hydrogen-bond donors (Lipinski definition) is 0. The van der Waals surface area contributed by atoms with E-state index in [2.05, 4.69) is 10.9 Å². The van der Waals surface area contributed by atoms with E-state index in [1.807, 2.05) is 0 Å². The summed E-state index contributed by atoms with van der Waals surface area (Å²) in [6.07, 6.45) is 5.44. The number of rotatable bonds is 5. The average molecular weight is 373 g/mol. The third kappa shape index (κ3) is 3.61. The van der Waals surface area contributed by atoms with Crippen LogP contribution in [0.5, 0.6) is 0 Å². The third-order valence-electron chi connectivity index (χ3n) is 3.03. The lowest BCUT2D eigenvalue weighted by Crippen LogP contribution is -2.34. The molecular weight excluding hydrogens is 361 g/mol. The summed E-state index contributed by atoms with van der Waals surface area (Å²) in [7, 11) is 0. The van der Waals surface area contributed by atoms with E-state index in [9.17, 15) is 9.59 Å². The minimum absolute atomic E-state index is 0.00670. The van der Waals surface area contributed by atoms with E-state index >= 15 is 0 Å². The molecule has 0 aliphatic carbocycles. The normalized spacial score (nSPS) is 17.7. The quantitative estimate of drug-likeness (QED) is 0.344. The molecule has 5 nitrogen and oxygen atoms in total. The highest BCUT2D eigenvalue weighted by molar-refractivity contribution is 6.56. The summed E-state index contributed by atoms with van der Waals surface area (Å²) in [5.74, 6) is 1.68. The number of anilines is 1. The molecule has 0 radical (unpaired) electrons. The van der Waals surface area contributed by atoms with Crippen molar-refractivity contribution in [3.8, 4) is 12.3 Å². The Hall–Kier alpha value is -1.74. The van der Waals surface area contributed by atoms with Crippen molar-refractivity contribution in [1.29, 1.82) is 0 Å². The zero-order chi connectivity index (χ0) is 17.0. The van der Waals surface area contributed by atoms with Crippen molar-refractivity contribution < 1.29 is 9.59 Å². The van der Waals surface area contributed by atoms with Crippen molar-refractivity contribution in [2.45, 2.75) is 11.9 Å². The molecule has 0 saturated carbocycles. The molecule has 0 N–H and O–H groups in total. The largest absolute Gasteiger partial charge is 0.337 e. The fraction of sp³-hybridized carbons (Fsp3) is 0.267. The van der Waals surface area contributed by atoms with Gasteiger partial charge in [-0.05, 0) is 12.1 Å². The van der Waals surface area contributed by atoms with E-state index in [0.29, 0.717) is 10.7 Å². The van der Waals surface area contributed by atoms with Gasteiger partial charge in [0.15, 0.2) is 0 Å². The summed E-state index contributed by atoms with van der Waals surface area (Å²) in [5.41, 5.74) is -0.506. The molecule has 1 aliphatic heterocycles. The Morgan fingerprint density at radius 2 is 2.00 bits per heavy atom. The molecule has 1 atom stereocenters. The SMILES string of the molecule is C#CCCN1C(=O)/C(=N\C(Cl)CCl)N(c2ccccc2Cl)C1=O. The van der Waals surface area contributed by atoms with Crippen LogP contribution in [-0.2, 0) is 4.79 Å². The summed E-state index contributed by atoms with van der Waals surface area (Å²) >= 11 is 17.7. The highest BCUT2D eigenvalue weighted by Gasteiger charge is 2.44. The summed E-state index contributed by atoms with van der Waals surface area (Å²) < 4.78 is 0. The van der Waals surface area contributed by atoms with Crippen LogP contribution in [0.2, 0.25) is 5.02 Å². The number of alkyl halides is 2. The van der Waals surface area contributed by atoms with Crippen LogP contribution in [0.3, 0.4) is 0 Å². The number of imide groups is 1. The topological polar surface area (TPSA) is 53.0 Å². The lowest BCUT2D eigenvalue weighted by atomic mass is 10.3. The van der Waals surface area contributed by atoms with Crippen molar-refractivity contribution in [2.24, 2.45) is 4.99 Å². The number of para-hydroxylation sites is 1. The van der Waals surface area contributed by atoms with E-state index in [-0.39, 0.29) is 24.7 Å². The van der Waals surface area contributed by atoms with Crippen LogP contribution in [0.1, 0.15) is 6.42 Å². The van der Waals surface area contributed by atoms with Crippen molar-refractivity contribution in [3.05, 3.63) is 29.3 Å². The molecule has 1 heterocycles. The van der Waals surface area contributed by atoms with Crippen molar-refractivity contribution in [2.75, 3.05) is 17.3 Å². The molecule has 1 aromatic rings. The number of urea groups is 1. The summed E-state index contributed by atoms with van der Waals surface area (Å²) in [6, 6.07) is 6.05. The molecule has 1 aliphatic rings. The van der Waals surface area contributed by atoms with Gasteiger partial charge >= 0.3 is 6.03 Å². The highest BCUT2D eigenvalue weighted by atomic mass is 35.5. The lowest BCUT2D eigenvalue weighted by Gasteiger charge is -2.17. The number of terminal acetylenes is 1. The van der Waals surface area contributed by atoms with Crippen LogP contribution in [0, 0.1) is 12.3 Å². The Morgan fingerprint density at radius 3 is 2.61 bits per heavy atom. The molecule has 3 amide bonds. The van der Waals surface area contributed by atoms with Crippen LogP contribution in [-0.4, -0.2) is 40.6 Å². The second-order valence-electron chi connectivity index (χ2n) is 4.52. The second-order valence-corrected chi connectivity index (χ2v) is 5.74. The zero-order valence-corrected chi connectivity index (χ0v) is 14.1. The second kappa shape index (κ2) is 7.69. The first-order valence-electron chi connectivity index (χ1n) is 6.63. The van der Waals surface area contributed by atoms with Crippen molar-refractivity contribution in [3.63, 3.8) is 0 Å². The summed E-state index contributed by atoms with van der Waals surface area (Å²) in [6.45, 7) is 0.0853. The summed E-state index contributed by atoms with van der Waals surface area (Å²) in [4.78, 5) is 31.3. The van der Waals surface area contributed by atoms with E-state index in [0.717, 1.165) is 9.80 Å². The molecule has 1 aromatic carbocycles. The van der Waals surface area contributed by atoms with Gasteiger partial charge in [-0.1, -0.05) is 35.3 Å². The number of aliphatic imine (C=N–C) groups is 1. The minimum Gasteiger partial charge on any atom is -0.265 e. The van der Waals surface area contributed by atoms with Gasteiger partial charge in [-0.25, -0.2) is 14.7 Å². The molecule has 8 heteroatoms. The predicted octanol–water partition coefficient (Wildman–Crippen LogP) is 3.33. The number of carbonyl (C=O) groups is 2. The van der Waals surface area contributed by atoms with Crippen LogP contribution in [0.15, 0.2) is 29.3 Å². The minimum atomic E-state index is -0.846. The summed E-state index contributed by atoms with van der Waals surface area (Å²) in [5, 5.41) is 0.303. The van der Waals surface area contributed by atoms with E-state index in [1.165, 1.54) is 0 Å². The van der Waals surface area contributed by atoms with Gasteiger partial charge in [0.1, 0.15) is 5.50 Å². The van der Waals surface area contributed by atoms with Crippen LogP contribution < -0.4 is 4.90 Å². The van der Waals surface area contributed by atoms with Crippen molar-refractivity contribution in [1.82, 2.24) is 4.90 Å². The molecule has 23 heavy (non-hydrogen) atoms. The van der Waals surface area contributed by atoms with Gasteiger partial charge in [-0.2, -0.15) is 0 Å². The Bertz CT molecular complexity index is 699. The molecule has 1 fully saturated rings. The van der Waals surface area contributed by atoms with Gasteiger partial charge < -0.3 is 0 Å². The van der Waals surface area contributed by atoms with Gasteiger partial charge in [-0.15, -0.1) is 23.9 Å². The Labute approximate surface area is 148 Å². The van der Waals surface area contributed by atoms with Gasteiger partial charge in [0.2, 0.25) is 5.84 Å². The monoisotopic (exact) mass is 371 g/mol. The highest BCUT2D eigenvalue weighted by Crippen LogP contribution is 2.30. The van der Waals surface area contributed by atoms with Crippen LogP contribution in [0.4, 0.5) is 10.5 Å². The maximum Gasteiger partial charge on any atom is 0.337 e. The average Bonchev–Trinajstić information content (AvgIpc) is 2.77. The van der Waals surface area contributed by atoms with Crippen LogP contribution >= 0.6 is 34.8 Å². The first kappa shape index (κ1) is 17.6. The number of nitrogens with zero attached hydrogens (tertiary/aromatic N) is 3. The number of amides is 3. The number of amidine groups is 1. The first-order chi connectivity index (χ1) is 11.0. The maximum absolute atomic E-state index is 12.6. The van der Waals surface area contributed by atoms with E-state index in [4.69, 9.17) is 41.2 Å². The molecule has 2 rings (SSSR count). The third-order valence-corrected chi connectivity index (χ3v) is 4.06. The molecule has 0 spiro atoms. The van der Waals surface area contributed by atoms with Gasteiger partial charge in [-0.3, -0.25) is 9.69 Å². The van der Waals surface area contributed by atoms with E-state index < -0.39 is 17.4 Å². The predicted molar refractivity (Wildman–Crippen MR) is 92.3 cm³/mol. The van der Waals surface area contributed by atoms with Crippen LogP contribution in [0.25, 0.3) is 0 Å². The fourth-order valence-corrected chi connectivity index (χ4v) is 2.40. The molecule has 1 saturated heterocycles. The number of halogens is 3. The van der Waals surface area contributed by atoms with Crippen molar-refractivity contribution >= 4 is 58.3 Å². The van der Waals surface area contributed by atoms with Gasteiger partial charge in [0, 0.05) is 13.0 Å². The molecular formula is C15H12Cl3N3O2. The number of benzene rings is 1. The Morgan fingerprint density at radius 1 is 1.30 bits per heavy atom. The smallest absolute Gasteiger partial charge is 0.265 e. The Balaban J connectivity index is 2.49. The molecule has 0 aromatic heterocycles. The Kier molecular flexibility index (Phi) is 5.89. The first-order valence-corrected chi connectivity index (χ1v) is 7.98. The fourth-order valence-electron chi connectivity index (χ4n) is 2.02. The standard InChI is InChI=1S/C15H12Cl3N3O2/c1-2-3-8-20-14(22)13(19-12(18)9-16)21(15(20)23)11-7-5-4-6-10(11)17/h1,4-7,12H,3,8-9H2/b19-13+. The van der Waals surface area contributed by atoms with Gasteiger partial charge in [0.05, 0.1) is 16.6 Å². The molecule has 0 bridgehead atoms.